The number of hydrogen-bond donors (Lipinski definition) is 0. The molecule has 11 heteroatoms. The molecule has 0 saturated carbocycles. The summed E-state index contributed by atoms with van der Waals surface area (Å²) in [6.07, 6.45) is 1.77. The summed E-state index contributed by atoms with van der Waals surface area (Å²) >= 11 is 4.94. The number of rotatable bonds is 7. The van der Waals surface area contributed by atoms with Gasteiger partial charge in [-0.2, -0.15) is 4.31 Å². The van der Waals surface area contributed by atoms with Gasteiger partial charge in [-0.1, -0.05) is 27.3 Å². The lowest BCUT2D eigenvalue weighted by atomic mass is 10.2. The number of thiazole rings is 1. The zero-order valence-electron chi connectivity index (χ0n) is 18.4. The van der Waals surface area contributed by atoms with Crippen LogP contribution >= 0.6 is 39.7 Å². The Bertz CT molecular complexity index is 1230. The first-order chi connectivity index (χ1) is 15.3. The minimum atomic E-state index is -3.51. The van der Waals surface area contributed by atoms with E-state index in [0.29, 0.717) is 36.9 Å². The lowest BCUT2D eigenvalue weighted by Gasteiger charge is -2.22. The quantitative estimate of drug-likeness (QED) is 0.417. The number of halogens is 2. The maximum Gasteiger partial charge on any atom is 0.260 e. The van der Waals surface area contributed by atoms with Crippen LogP contribution in [0.25, 0.3) is 10.2 Å². The van der Waals surface area contributed by atoms with Gasteiger partial charge in [0, 0.05) is 36.2 Å². The predicted octanol–water partition coefficient (Wildman–Crippen LogP) is 4.47. The fourth-order valence-corrected chi connectivity index (χ4v) is 6.65. The summed E-state index contributed by atoms with van der Waals surface area (Å²) < 4.78 is 29.0. The first-order valence-corrected chi connectivity index (χ1v) is 13.4. The molecule has 3 aromatic rings. The highest BCUT2D eigenvalue weighted by Gasteiger charge is 2.28. The van der Waals surface area contributed by atoms with Gasteiger partial charge in [-0.15, -0.1) is 12.4 Å². The molecular formula is C22H26BrClN4O3S2. The van der Waals surface area contributed by atoms with E-state index in [4.69, 9.17) is 0 Å². The molecule has 33 heavy (non-hydrogen) atoms. The maximum absolute atomic E-state index is 13.4. The fourth-order valence-electron chi connectivity index (χ4n) is 3.59. The van der Waals surface area contributed by atoms with Crippen molar-refractivity contribution in [1.29, 1.82) is 0 Å². The van der Waals surface area contributed by atoms with Gasteiger partial charge < -0.3 is 4.90 Å². The first kappa shape index (κ1) is 26.1. The number of benzene rings is 2. The second kappa shape index (κ2) is 10.8. The molecule has 1 aliphatic rings. The number of sulfonamides is 1. The van der Waals surface area contributed by atoms with E-state index in [9.17, 15) is 13.2 Å². The number of carbonyl (C=O) groups is 1. The van der Waals surface area contributed by atoms with Gasteiger partial charge in [-0.25, -0.2) is 13.4 Å². The van der Waals surface area contributed by atoms with Crippen molar-refractivity contribution >= 4 is 71.0 Å². The Balaban J connectivity index is 0.00000306. The third-order valence-electron chi connectivity index (χ3n) is 5.39. The second-order valence-corrected chi connectivity index (χ2v) is 11.9. The average Bonchev–Trinajstić information content (AvgIpc) is 3.44. The summed E-state index contributed by atoms with van der Waals surface area (Å²) in [5.74, 6) is -0.199. The summed E-state index contributed by atoms with van der Waals surface area (Å²) in [6, 6.07) is 12.1. The van der Waals surface area contributed by atoms with E-state index in [0.717, 1.165) is 27.5 Å². The van der Waals surface area contributed by atoms with Crippen LogP contribution in [0.4, 0.5) is 5.13 Å². The van der Waals surface area contributed by atoms with E-state index >= 15 is 0 Å². The van der Waals surface area contributed by atoms with Gasteiger partial charge in [-0.3, -0.25) is 9.69 Å². The van der Waals surface area contributed by atoms with Crippen LogP contribution in [0.5, 0.6) is 0 Å². The molecule has 0 spiro atoms. The highest BCUT2D eigenvalue weighted by molar-refractivity contribution is 9.10. The molecule has 0 bridgehead atoms. The highest BCUT2D eigenvalue weighted by atomic mass is 79.9. The van der Waals surface area contributed by atoms with Crippen molar-refractivity contribution in [2.75, 3.05) is 45.2 Å². The molecule has 4 rings (SSSR count). The number of anilines is 1. The third-order valence-corrected chi connectivity index (χ3v) is 8.84. The van der Waals surface area contributed by atoms with Crippen LogP contribution in [0.3, 0.4) is 0 Å². The van der Waals surface area contributed by atoms with Crippen LogP contribution in [-0.4, -0.2) is 68.8 Å². The van der Waals surface area contributed by atoms with Gasteiger partial charge in [0.2, 0.25) is 10.0 Å². The molecule has 2 heterocycles. The van der Waals surface area contributed by atoms with E-state index in [-0.39, 0.29) is 23.2 Å². The molecule has 1 saturated heterocycles. The van der Waals surface area contributed by atoms with Crippen molar-refractivity contribution < 1.29 is 13.2 Å². The van der Waals surface area contributed by atoms with E-state index in [1.165, 1.54) is 27.8 Å². The molecule has 0 N–H and O–H groups in total. The number of nitrogens with zero attached hydrogens (tertiary/aromatic N) is 4. The Morgan fingerprint density at radius 3 is 2.39 bits per heavy atom. The van der Waals surface area contributed by atoms with Crippen molar-refractivity contribution in [3.8, 4) is 0 Å². The number of hydrogen-bond acceptors (Lipinski definition) is 6. The SMILES string of the molecule is CN(C)CCN(C(=O)c1ccc(S(=O)(=O)N2CCCC2)cc1)c1nc2ccc(Br)cc2s1.Cl. The zero-order valence-corrected chi connectivity index (χ0v) is 22.4. The Kier molecular flexibility index (Phi) is 8.52. The Morgan fingerprint density at radius 1 is 1.09 bits per heavy atom. The van der Waals surface area contributed by atoms with Gasteiger partial charge in [0.15, 0.2) is 5.13 Å². The van der Waals surface area contributed by atoms with Gasteiger partial charge >= 0.3 is 0 Å². The van der Waals surface area contributed by atoms with Crippen molar-refractivity contribution in [1.82, 2.24) is 14.2 Å². The summed E-state index contributed by atoms with van der Waals surface area (Å²) in [5, 5.41) is 0.624. The van der Waals surface area contributed by atoms with E-state index in [2.05, 4.69) is 20.9 Å². The van der Waals surface area contributed by atoms with Crippen molar-refractivity contribution in [3.05, 3.63) is 52.5 Å². The number of aromatic nitrogens is 1. The number of amides is 1. The standard InChI is InChI=1S/C22H25BrN4O3S2.ClH/c1-25(2)13-14-27(22-24-19-10-7-17(23)15-20(19)31-22)21(28)16-5-8-18(9-6-16)32(29,30)26-11-3-4-12-26;/h5-10,15H,3-4,11-14H2,1-2H3;1H. The van der Waals surface area contributed by atoms with Crippen LogP contribution in [-0.2, 0) is 10.0 Å². The van der Waals surface area contributed by atoms with E-state index in [1.54, 1.807) is 17.0 Å². The molecule has 7 nitrogen and oxygen atoms in total. The molecular weight excluding hydrogens is 548 g/mol. The number of fused-ring (bicyclic) bond motifs is 1. The smallest absolute Gasteiger partial charge is 0.260 e. The summed E-state index contributed by atoms with van der Waals surface area (Å²) in [4.78, 5) is 22.0. The Labute approximate surface area is 213 Å². The van der Waals surface area contributed by atoms with Crippen LogP contribution in [0.2, 0.25) is 0 Å². The van der Waals surface area contributed by atoms with Crippen LogP contribution in [0.15, 0.2) is 51.8 Å². The molecule has 1 aliphatic heterocycles. The highest BCUT2D eigenvalue weighted by Crippen LogP contribution is 2.32. The number of likely N-dealkylation sites (N-methyl/N-ethyl adjacent to an activating group) is 1. The van der Waals surface area contributed by atoms with Crippen LogP contribution in [0, 0.1) is 0 Å². The largest absolute Gasteiger partial charge is 0.308 e. The molecule has 0 unspecified atom stereocenters. The van der Waals surface area contributed by atoms with Gasteiger partial charge in [0.25, 0.3) is 5.91 Å². The van der Waals surface area contributed by atoms with Crippen molar-refractivity contribution in [2.24, 2.45) is 0 Å². The second-order valence-electron chi connectivity index (χ2n) is 8.00. The number of carbonyl (C=O) groups excluding carboxylic acids is 1. The average molecular weight is 574 g/mol. The normalized spacial score (nSPS) is 14.5. The topological polar surface area (TPSA) is 73.8 Å². The maximum atomic E-state index is 13.4. The van der Waals surface area contributed by atoms with Gasteiger partial charge in [0.1, 0.15) is 0 Å². The molecule has 1 aromatic heterocycles. The summed E-state index contributed by atoms with van der Waals surface area (Å²) in [7, 11) is 0.400. The van der Waals surface area contributed by atoms with E-state index in [1.807, 2.05) is 37.2 Å². The van der Waals surface area contributed by atoms with E-state index < -0.39 is 10.0 Å². The van der Waals surface area contributed by atoms with Gasteiger partial charge in [0.05, 0.1) is 15.1 Å². The van der Waals surface area contributed by atoms with Crippen molar-refractivity contribution in [2.45, 2.75) is 17.7 Å². The molecule has 1 fully saturated rings. The minimum Gasteiger partial charge on any atom is -0.308 e. The lowest BCUT2D eigenvalue weighted by Crippen LogP contribution is -2.36. The Hall–Kier alpha value is -1.56. The fraction of sp³-hybridized carbons (Fsp3) is 0.364. The molecule has 178 valence electrons. The molecule has 2 aromatic carbocycles. The summed E-state index contributed by atoms with van der Waals surface area (Å²) in [6.45, 7) is 2.25. The molecule has 0 atom stereocenters. The lowest BCUT2D eigenvalue weighted by molar-refractivity contribution is 0.0985. The van der Waals surface area contributed by atoms with Crippen LogP contribution in [0.1, 0.15) is 23.2 Å². The van der Waals surface area contributed by atoms with Crippen LogP contribution < -0.4 is 4.90 Å². The van der Waals surface area contributed by atoms with Crippen molar-refractivity contribution in [3.63, 3.8) is 0 Å². The minimum absolute atomic E-state index is 0. The first-order valence-electron chi connectivity index (χ1n) is 10.4. The molecule has 0 aliphatic carbocycles. The molecule has 0 radical (unpaired) electrons. The third kappa shape index (κ3) is 5.75. The predicted molar refractivity (Wildman–Crippen MR) is 139 cm³/mol. The summed E-state index contributed by atoms with van der Waals surface area (Å²) in [5.41, 5.74) is 1.27. The Morgan fingerprint density at radius 2 is 1.76 bits per heavy atom. The molecule has 1 amide bonds. The zero-order chi connectivity index (χ0) is 22.9. The monoisotopic (exact) mass is 572 g/mol. The van der Waals surface area contributed by atoms with Gasteiger partial charge in [-0.05, 0) is 69.4 Å².